The van der Waals surface area contributed by atoms with E-state index in [9.17, 15) is 22.8 Å². The quantitative estimate of drug-likeness (QED) is 0.601. The Bertz CT molecular complexity index is 1200. The maximum absolute atomic E-state index is 13.7. The Labute approximate surface area is 176 Å². The maximum atomic E-state index is 13.7. The van der Waals surface area contributed by atoms with Crippen LogP contribution in [-0.4, -0.2) is 16.7 Å². The van der Waals surface area contributed by atoms with Crippen LogP contribution in [0.25, 0.3) is 5.57 Å². The number of imide groups is 1. The van der Waals surface area contributed by atoms with E-state index in [-0.39, 0.29) is 23.5 Å². The number of halogens is 3. The summed E-state index contributed by atoms with van der Waals surface area (Å²) in [6.07, 6.45) is 0. The summed E-state index contributed by atoms with van der Waals surface area (Å²) in [6.45, 7) is 1.96. The third-order valence-electron chi connectivity index (χ3n) is 4.95. The molecule has 1 heterocycles. The number of amides is 2. The molecular weight excluding hydrogens is 405 g/mol. The van der Waals surface area contributed by atoms with Gasteiger partial charge in [-0.3, -0.25) is 14.5 Å². The lowest BCUT2D eigenvalue weighted by atomic mass is 10.0. The van der Waals surface area contributed by atoms with E-state index < -0.39 is 29.3 Å². The first-order valence-corrected chi connectivity index (χ1v) is 9.47. The second kappa shape index (κ2) is 8.10. The van der Waals surface area contributed by atoms with Gasteiger partial charge in [-0.25, -0.2) is 13.2 Å². The van der Waals surface area contributed by atoms with E-state index in [1.54, 1.807) is 0 Å². The van der Waals surface area contributed by atoms with Gasteiger partial charge in [-0.05, 0) is 42.3 Å². The lowest BCUT2D eigenvalue weighted by Crippen LogP contribution is -2.32. The van der Waals surface area contributed by atoms with Crippen molar-refractivity contribution in [1.29, 1.82) is 0 Å². The molecule has 0 fully saturated rings. The van der Waals surface area contributed by atoms with E-state index in [4.69, 9.17) is 0 Å². The van der Waals surface area contributed by atoms with E-state index >= 15 is 0 Å². The second-order valence-electron chi connectivity index (χ2n) is 7.19. The Hall–Kier alpha value is -3.87. The van der Waals surface area contributed by atoms with Crippen LogP contribution in [0.1, 0.15) is 16.7 Å². The summed E-state index contributed by atoms with van der Waals surface area (Å²) in [4.78, 5) is 27.4. The van der Waals surface area contributed by atoms with E-state index in [0.717, 1.165) is 28.2 Å². The SMILES string of the molecule is Cc1ccc(CN2C(=O)C(Nc3ccc(F)c(F)c3)=C(c3ccc(F)cc3)C2=O)cc1. The van der Waals surface area contributed by atoms with Crippen LogP contribution in [0.3, 0.4) is 0 Å². The van der Waals surface area contributed by atoms with Gasteiger partial charge in [-0.15, -0.1) is 0 Å². The minimum atomic E-state index is -1.10. The van der Waals surface area contributed by atoms with Crippen LogP contribution in [0, 0.1) is 24.4 Å². The van der Waals surface area contributed by atoms with Crippen molar-refractivity contribution in [3.63, 3.8) is 0 Å². The molecular formula is C24H17F3N2O2. The van der Waals surface area contributed by atoms with Crippen LogP contribution in [0.2, 0.25) is 0 Å². The van der Waals surface area contributed by atoms with Gasteiger partial charge < -0.3 is 5.32 Å². The molecule has 156 valence electrons. The number of anilines is 1. The highest BCUT2D eigenvalue weighted by Crippen LogP contribution is 2.32. The monoisotopic (exact) mass is 422 g/mol. The molecule has 1 aliphatic heterocycles. The van der Waals surface area contributed by atoms with Crippen LogP contribution in [0.15, 0.2) is 72.4 Å². The third-order valence-corrected chi connectivity index (χ3v) is 4.95. The van der Waals surface area contributed by atoms with Crippen molar-refractivity contribution >= 4 is 23.1 Å². The molecule has 1 aliphatic rings. The lowest BCUT2D eigenvalue weighted by Gasteiger charge is -2.15. The zero-order chi connectivity index (χ0) is 22.1. The zero-order valence-corrected chi connectivity index (χ0v) is 16.5. The summed E-state index contributed by atoms with van der Waals surface area (Å²) in [6, 6.07) is 15.6. The fourth-order valence-electron chi connectivity index (χ4n) is 3.31. The summed E-state index contributed by atoms with van der Waals surface area (Å²) in [5.74, 6) is -3.81. The molecule has 3 aromatic rings. The van der Waals surface area contributed by atoms with Crippen molar-refractivity contribution in [3.05, 3.63) is 107 Å². The van der Waals surface area contributed by atoms with Crippen LogP contribution < -0.4 is 5.32 Å². The fraction of sp³-hybridized carbons (Fsp3) is 0.0833. The number of nitrogens with one attached hydrogen (secondary N) is 1. The minimum Gasteiger partial charge on any atom is -0.350 e. The van der Waals surface area contributed by atoms with Gasteiger partial charge in [0.15, 0.2) is 11.6 Å². The second-order valence-corrected chi connectivity index (χ2v) is 7.19. The predicted octanol–water partition coefficient (Wildman–Crippen LogP) is 4.80. The molecule has 0 spiro atoms. The van der Waals surface area contributed by atoms with Crippen molar-refractivity contribution in [3.8, 4) is 0 Å². The molecule has 0 saturated carbocycles. The molecule has 31 heavy (non-hydrogen) atoms. The predicted molar refractivity (Wildman–Crippen MR) is 110 cm³/mol. The summed E-state index contributed by atoms with van der Waals surface area (Å²) < 4.78 is 40.3. The highest BCUT2D eigenvalue weighted by molar-refractivity contribution is 6.36. The summed E-state index contributed by atoms with van der Waals surface area (Å²) in [5.41, 5.74) is 2.16. The van der Waals surface area contributed by atoms with Gasteiger partial charge in [0.1, 0.15) is 11.5 Å². The molecule has 0 unspecified atom stereocenters. The van der Waals surface area contributed by atoms with Gasteiger partial charge in [-0.1, -0.05) is 42.0 Å². The smallest absolute Gasteiger partial charge is 0.278 e. The van der Waals surface area contributed by atoms with Crippen LogP contribution in [0.5, 0.6) is 0 Å². The molecule has 1 N–H and O–H groups in total. The van der Waals surface area contributed by atoms with Crippen molar-refractivity contribution < 1.29 is 22.8 Å². The molecule has 7 heteroatoms. The molecule has 0 saturated heterocycles. The van der Waals surface area contributed by atoms with Gasteiger partial charge >= 0.3 is 0 Å². The topological polar surface area (TPSA) is 49.4 Å². The van der Waals surface area contributed by atoms with Crippen molar-refractivity contribution in [2.45, 2.75) is 13.5 Å². The third kappa shape index (κ3) is 4.07. The molecule has 4 nitrogen and oxygen atoms in total. The molecule has 0 aliphatic carbocycles. The minimum absolute atomic E-state index is 0.0295. The Balaban J connectivity index is 1.74. The fourth-order valence-corrected chi connectivity index (χ4v) is 3.31. The first kappa shape index (κ1) is 20.4. The number of hydrogen-bond donors (Lipinski definition) is 1. The Morgan fingerprint density at radius 2 is 1.48 bits per heavy atom. The number of hydrogen-bond acceptors (Lipinski definition) is 3. The standard InChI is InChI=1S/C24H17F3N2O2/c1-14-2-4-15(5-3-14)13-29-23(30)21(16-6-8-17(25)9-7-16)22(24(29)31)28-18-10-11-19(26)20(27)12-18/h2-12,28H,13H2,1H3. The first-order valence-electron chi connectivity index (χ1n) is 9.47. The van der Waals surface area contributed by atoms with Gasteiger partial charge in [0, 0.05) is 11.8 Å². The van der Waals surface area contributed by atoms with Crippen LogP contribution >= 0.6 is 0 Å². The number of rotatable bonds is 5. The summed E-state index contributed by atoms with van der Waals surface area (Å²) in [5, 5.41) is 2.74. The zero-order valence-electron chi connectivity index (χ0n) is 16.5. The molecule has 3 aromatic carbocycles. The van der Waals surface area contributed by atoms with E-state index in [1.807, 2.05) is 31.2 Å². The highest BCUT2D eigenvalue weighted by Gasteiger charge is 2.39. The Kier molecular flexibility index (Phi) is 5.33. The van der Waals surface area contributed by atoms with Crippen molar-refractivity contribution in [2.24, 2.45) is 0 Å². The highest BCUT2D eigenvalue weighted by atomic mass is 19.2. The number of carbonyl (C=O) groups is 2. The molecule has 0 radical (unpaired) electrons. The number of nitrogens with zero attached hydrogens (tertiary/aromatic N) is 1. The van der Waals surface area contributed by atoms with Gasteiger partial charge in [0.2, 0.25) is 0 Å². The number of aryl methyl sites for hydroxylation is 1. The number of carbonyl (C=O) groups excluding carboxylic acids is 2. The summed E-state index contributed by atoms with van der Waals surface area (Å²) in [7, 11) is 0. The number of benzene rings is 3. The van der Waals surface area contributed by atoms with Crippen LogP contribution in [0.4, 0.5) is 18.9 Å². The van der Waals surface area contributed by atoms with E-state index in [2.05, 4.69) is 5.32 Å². The Morgan fingerprint density at radius 1 is 0.806 bits per heavy atom. The Morgan fingerprint density at radius 3 is 2.13 bits per heavy atom. The molecule has 0 aromatic heterocycles. The van der Waals surface area contributed by atoms with E-state index in [0.29, 0.717) is 5.56 Å². The van der Waals surface area contributed by atoms with Gasteiger partial charge in [-0.2, -0.15) is 0 Å². The van der Waals surface area contributed by atoms with Crippen molar-refractivity contribution in [2.75, 3.05) is 5.32 Å². The van der Waals surface area contributed by atoms with Gasteiger partial charge in [0.05, 0.1) is 12.1 Å². The largest absolute Gasteiger partial charge is 0.350 e. The first-order chi connectivity index (χ1) is 14.8. The molecule has 2 amide bonds. The van der Waals surface area contributed by atoms with Crippen LogP contribution in [-0.2, 0) is 16.1 Å². The van der Waals surface area contributed by atoms with E-state index in [1.165, 1.54) is 30.3 Å². The van der Waals surface area contributed by atoms with Gasteiger partial charge in [0.25, 0.3) is 11.8 Å². The molecule has 0 atom stereocenters. The maximum Gasteiger partial charge on any atom is 0.278 e. The summed E-state index contributed by atoms with van der Waals surface area (Å²) >= 11 is 0. The molecule has 4 rings (SSSR count). The average molecular weight is 422 g/mol. The van der Waals surface area contributed by atoms with Crippen molar-refractivity contribution in [1.82, 2.24) is 4.90 Å². The molecule has 0 bridgehead atoms. The average Bonchev–Trinajstić information content (AvgIpc) is 2.97. The lowest BCUT2D eigenvalue weighted by molar-refractivity contribution is -0.137. The normalized spacial score (nSPS) is 13.9.